The molecule has 0 aliphatic carbocycles. The zero-order valence-electron chi connectivity index (χ0n) is 14.5. The van der Waals surface area contributed by atoms with E-state index in [0.29, 0.717) is 11.4 Å². The normalized spacial score (nSPS) is 10.6. The number of urea groups is 1. The Bertz CT molecular complexity index is 1170. The molecule has 3 N–H and O–H groups in total. The van der Waals surface area contributed by atoms with Gasteiger partial charge in [0.05, 0.1) is 4.92 Å². The van der Waals surface area contributed by atoms with Gasteiger partial charge in [-0.05, 0) is 41.5 Å². The van der Waals surface area contributed by atoms with Crippen molar-refractivity contribution < 1.29 is 9.72 Å². The number of fused-ring (bicyclic) bond motifs is 1. The van der Waals surface area contributed by atoms with E-state index in [1.165, 1.54) is 18.2 Å². The highest BCUT2D eigenvalue weighted by Crippen LogP contribution is 2.28. The van der Waals surface area contributed by atoms with Gasteiger partial charge < -0.3 is 15.6 Å². The Morgan fingerprint density at radius 1 is 1.00 bits per heavy atom. The number of benzene rings is 2. The Morgan fingerprint density at radius 3 is 2.57 bits per heavy atom. The van der Waals surface area contributed by atoms with Crippen molar-refractivity contribution >= 4 is 34.1 Å². The molecule has 2 heterocycles. The van der Waals surface area contributed by atoms with Crippen LogP contribution in [-0.4, -0.2) is 20.9 Å². The molecule has 0 fully saturated rings. The molecule has 0 saturated carbocycles. The van der Waals surface area contributed by atoms with Crippen LogP contribution in [0.15, 0.2) is 73.1 Å². The molecular weight excluding hydrogens is 358 g/mol. The average molecular weight is 373 g/mol. The van der Waals surface area contributed by atoms with Crippen LogP contribution in [0.5, 0.6) is 0 Å². The average Bonchev–Trinajstić information content (AvgIpc) is 3.17. The summed E-state index contributed by atoms with van der Waals surface area (Å²) >= 11 is 0. The number of nitro groups is 1. The first-order chi connectivity index (χ1) is 13.6. The molecule has 0 spiro atoms. The van der Waals surface area contributed by atoms with Crippen molar-refractivity contribution in [2.24, 2.45) is 0 Å². The Kier molecular flexibility index (Phi) is 4.43. The fourth-order valence-electron chi connectivity index (χ4n) is 2.94. The lowest BCUT2D eigenvalue weighted by Crippen LogP contribution is -2.19. The van der Waals surface area contributed by atoms with Gasteiger partial charge in [-0.1, -0.05) is 18.2 Å². The first kappa shape index (κ1) is 17.2. The number of aromatic amines is 1. The molecular formula is C20H15N5O3. The number of carbonyl (C=O) groups excluding carboxylic acids is 1. The van der Waals surface area contributed by atoms with Crippen LogP contribution >= 0.6 is 0 Å². The Morgan fingerprint density at radius 2 is 1.79 bits per heavy atom. The smallest absolute Gasteiger partial charge is 0.323 e. The van der Waals surface area contributed by atoms with Crippen molar-refractivity contribution in [1.29, 1.82) is 0 Å². The second-order valence-corrected chi connectivity index (χ2v) is 6.06. The maximum atomic E-state index is 12.2. The third-order valence-corrected chi connectivity index (χ3v) is 4.23. The van der Waals surface area contributed by atoms with Crippen LogP contribution in [0.25, 0.3) is 22.2 Å². The Labute approximate surface area is 159 Å². The number of pyridine rings is 1. The van der Waals surface area contributed by atoms with Crippen LogP contribution < -0.4 is 10.6 Å². The summed E-state index contributed by atoms with van der Waals surface area (Å²) < 4.78 is 0. The van der Waals surface area contributed by atoms with E-state index in [2.05, 4.69) is 20.6 Å². The van der Waals surface area contributed by atoms with Crippen molar-refractivity contribution in [3.8, 4) is 11.1 Å². The Balaban J connectivity index is 1.47. The van der Waals surface area contributed by atoms with Gasteiger partial charge in [-0.15, -0.1) is 0 Å². The van der Waals surface area contributed by atoms with Gasteiger partial charge in [-0.3, -0.25) is 10.1 Å². The molecule has 4 aromatic rings. The number of nitrogens with zero attached hydrogens (tertiary/aromatic N) is 2. The quantitative estimate of drug-likeness (QED) is 0.353. The number of amides is 2. The lowest BCUT2D eigenvalue weighted by Gasteiger charge is -2.09. The van der Waals surface area contributed by atoms with E-state index in [4.69, 9.17) is 0 Å². The molecule has 0 unspecified atom stereocenters. The summed E-state index contributed by atoms with van der Waals surface area (Å²) in [6.45, 7) is 0. The summed E-state index contributed by atoms with van der Waals surface area (Å²) in [5, 5.41) is 17.1. The fraction of sp³-hybridized carbons (Fsp3) is 0. The van der Waals surface area contributed by atoms with Gasteiger partial charge in [0.2, 0.25) is 0 Å². The standard InChI is InChI=1S/C20H15N5O3/c26-20(24-15-2-1-3-16(12-15)25(27)28)23-14-6-4-13(5-7-14)17-8-10-21-19-18(17)9-11-22-19/h1-12H,(H,21,22)(H2,23,24,26). The third kappa shape index (κ3) is 3.51. The zero-order chi connectivity index (χ0) is 19.5. The highest BCUT2D eigenvalue weighted by molar-refractivity contribution is 6.00. The summed E-state index contributed by atoms with van der Waals surface area (Å²) in [6.07, 6.45) is 3.59. The highest BCUT2D eigenvalue weighted by atomic mass is 16.6. The number of hydrogen-bond donors (Lipinski definition) is 3. The molecule has 0 atom stereocenters. The summed E-state index contributed by atoms with van der Waals surface area (Å²) in [4.78, 5) is 29.8. The van der Waals surface area contributed by atoms with E-state index in [-0.39, 0.29) is 5.69 Å². The second-order valence-electron chi connectivity index (χ2n) is 6.06. The fourth-order valence-corrected chi connectivity index (χ4v) is 2.94. The first-order valence-electron chi connectivity index (χ1n) is 8.45. The van der Waals surface area contributed by atoms with E-state index in [0.717, 1.165) is 22.2 Å². The SMILES string of the molecule is O=C(Nc1ccc(-c2ccnc3[nH]ccc23)cc1)Nc1cccc([N+](=O)[O-])c1. The molecule has 8 heteroatoms. The number of rotatable bonds is 4. The van der Waals surface area contributed by atoms with Crippen LogP contribution in [0.3, 0.4) is 0 Å². The van der Waals surface area contributed by atoms with E-state index in [1.807, 2.05) is 30.5 Å². The van der Waals surface area contributed by atoms with Gasteiger partial charge in [0.25, 0.3) is 5.69 Å². The van der Waals surface area contributed by atoms with Crippen molar-refractivity contribution in [3.05, 3.63) is 83.2 Å². The summed E-state index contributed by atoms with van der Waals surface area (Å²) in [6, 6.07) is 16.6. The van der Waals surface area contributed by atoms with Crippen molar-refractivity contribution in [2.45, 2.75) is 0 Å². The monoisotopic (exact) mass is 373 g/mol. The number of carbonyl (C=O) groups is 1. The van der Waals surface area contributed by atoms with Crippen LogP contribution in [0.1, 0.15) is 0 Å². The minimum Gasteiger partial charge on any atom is -0.346 e. The molecule has 0 saturated heterocycles. The maximum absolute atomic E-state index is 12.2. The number of anilines is 2. The van der Waals surface area contributed by atoms with Gasteiger partial charge >= 0.3 is 6.03 Å². The van der Waals surface area contributed by atoms with Crippen LogP contribution in [0.2, 0.25) is 0 Å². The molecule has 0 radical (unpaired) electrons. The summed E-state index contributed by atoms with van der Waals surface area (Å²) in [5.41, 5.74) is 3.71. The van der Waals surface area contributed by atoms with E-state index >= 15 is 0 Å². The minimum absolute atomic E-state index is 0.0874. The molecule has 2 aromatic carbocycles. The van der Waals surface area contributed by atoms with Crippen molar-refractivity contribution in [2.75, 3.05) is 10.6 Å². The molecule has 138 valence electrons. The van der Waals surface area contributed by atoms with E-state index in [9.17, 15) is 14.9 Å². The maximum Gasteiger partial charge on any atom is 0.323 e. The minimum atomic E-state index is -0.512. The van der Waals surface area contributed by atoms with Gasteiger partial charge in [-0.2, -0.15) is 0 Å². The lowest BCUT2D eigenvalue weighted by molar-refractivity contribution is -0.384. The molecule has 0 aliphatic rings. The predicted octanol–water partition coefficient (Wildman–Crippen LogP) is 4.78. The molecule has 0 aliphatic heterocycles. The van der Waals surface area contributed by atoms with Crippen LogP contribution in [0, 0.1) is 10.1 Å². The number of nitrogens with one attached hydrogen (secondary N) is 3. The number of nitro benzene ring substituents is 1. The lowest BCUT2D eigenvalue weighted by atomic mass is 10.0. The number of aromatic nitrogens is 2. The molecule has 28 heavy (non-hydrogen) atoms. The number of non-ortho nitro benzene ring substituents is 1. The zero-order valence-corrected chi connectivity index (χ0v) is 14.5. The third-order valence-electron chi connectivity index (χ3n) is 4.23. The van der Waals surface area contributed by atoms with Gasteiger partial charge in [-0.25, -0.2) is 9.78 Å². The van der Waals surface area contributed by atoms with E-state index in [1.54, 1.807) is 24.4 Å². The molecule has 2 amide bonds. The molecule has 2 aromatic heterocycles. The largest absolute Gasteiger partial charge is 0.346 e. The summed E-state index contributed by atoms with van der Waals surface area (Å²) in [7, 11) is 0. The second kappa shape index (κ2) is 7.20. The van der Waals surface area contributed by atoms with Crippen molar-refractivity contribution in [1.82, 2.24) is 9.97 Å². The number of H-pyrrole nitrogens is 1. The highest BCUT2D eigenvalue weighted by Gasteiger charge is 2.09. The summed E-state index contributed by atoms with van der Waals surface area (Å²) in [5.74, 6) is 0. The van der Waals surface area contributed by atoms with Gasteiger partial charge in [0, 0.05) is 41.3 Å². The molecule has 0 bridgehead atoms. The van der Waals surface area contributed by atoms with E-state index < -0.39 is 11.0 Å². The number of hydrogen-bond acceptors (Lipinski definition) is 4. The topological polar surface area (TPSA) is 113 Å². The van der Waals surface area contributed by atoms with Crippen LogP contribution in [0.4, 0.5) is 21.9 Å². The van der Waals surface area contributed by atoms with Crippen LogP contribution in [-0.2, 0) is 0 Å². The van der Waals surface area contributed by atoms with Gasteiger partial charge in [0.1, 0.15) is 5.65 Å². The predicted molar refractivity (Wildman–Crippen MR) is 107 cm³/mol. The van der Waals surface area contributed by atoms with Gasteiger partial charge in [0.15, 0.2) is 0 Å². The molecule has 8 nitrogen and oxygen atoms in total. The Hall–Kier alpha value is -4.20. The molecule has 4 rings (SSSR count). The first-order valence-corrected chi connectivity index (χ1v) is 8.45. The van der Waals surface area contributed by atoms with Crippen molar-refractivity contribution in [3.63, 3.8) is 0 Å².